The van der Waals surface area contributed by atoms with Gasteiger partial charge in [-0.05, 0) is 61.8 Å². The Kier molecular flexibility index (Phi) is 5.00. The van der Waals surface area contributed by atoms with Gasteiger partial charge >= 0.3 is 6.18 Å². The van der Waals surface area contributed by atoms with Crippen LogP contribution in [0.15, 0.2) is 36.7 Å². The summed E-state index contributed by atoms with van der Waals surface area (Å²) in [6.07, 6.45) is 0.560. The Morgan fingerprint density at radius 2 is 1.74 bits per heavy atom. The van der Waals surface area contributed by atoms with Crippen LogP contribution in [0, 0.1) is 24.7 Å². The van der Waals surface area contributed by atoms with Crippen molar-refractivity contribution in [3.8, 4) is 0 Å². The van der Waals surface area contributed by atoms with E-state index >= 15 is 0 Å². The van der Waals surface area contributed by atoms with E-state index in [9.17, 15) is 13.2 Å². The van der Waals surface area contributed by atoms with Gasteiger partial charge in [0.15, 0.2) is 5.82 Å². The van der Waals surface area contributed by atoms with E-state index in [0.29, 0.717) is 36.5 Å². The molecule has 34 heavy (non-hydrogen) atoms. The van der Waals surface area contributed by atoms with E-state index in [-0.39, 0.29) is 0 Å². The molecule has 3 aromatic rings. The number of hydrogen-bond donors (Lipinski definition) is 0. The number of aromatic nitrogens is 5. The highest BCUT2D eigenvalue weighted by atomic mass is 19.4. The fourth-order valence-corrected chi connectivity index (χ4v) is 5.87. The first-order valence-corrected chi connectivity index (χ1v) is 11.8. The maximum Gasteiger partial charge on any atom is 0.416 e. The number of fused-ring (bicyclic) bond motifs is 3. The van der Waals surface area contributed by atoms with Gasteiger partial charge in [0.05, 0.1) is 12.1 Å². The molecule has 2 bridgehead atoms. The van der Waals surface area contributed by atoms with Crippen LogP contribution < -0.4 is 9.80 Å². The molecule has 3 atom stereocenters. The van der Waals surface area contributed by atoms with E-state index in [0.717, 1.165) is 54.9 Å². The van der Waals surface area contributed by atoms with Crippen LogP contribution in [0.2, 0.25) is 0 Å². The zero-order valence-corrected chi connectivity index (χ0v) is 18.9. The number of piperidine rings is 1. The molecular formula is C24H26F3N7. The molecule has 2 aromatic heterocycles. The van der Waals surface area contributed by atoms with Crippen LogP contribution >= 0.6 is 0 Å². The fourth-order valence-electron chi connectivity index (χ4n) is 5.87. The molecule has 1 aromatic carbocycles. The molecule has 7 nitrogen and oxygen atoms in total. The number of rotatable bonds is 4. The molecule has 178 valence electrons. The normalized spacial score (nSPS) is 24.1. The van der Waals surface area contributed by atoms with E-state index in [1.54, 1.807) is 6.33 Å². The Hall–Kier alpha value is -3.17. The lowest BCUT2D eigenvalue weighted by atomic mass is 9.82. The molecule has 2 aliphatic heterocycles. The van der Waals surface area contributed by atoms with Gasteiger partial charge in [0.2, 0.25) is 5.95 Å². The maximum atomic E-state index is 12.9. The van der Waals surface area contributed by atoms with E-state index in [1.165, 1.54) is 25.0 Å². The van der Waals surface area contributed by atoms with Crippen molar-refractivity contribution >= 4 is 17.5 Å². The van der Waals surface area contributed by atoms with Gasteiger partial charge in [0.25, 0.3) is 0 Å². The first-order chi connectivity index (χ1) is 16.3. The molecule has 0 amide bonds. The van der Waals surface area contributed by atoms with Crippen molar-refractivity contribution in [3.05, 3.63) is 53.7 Å². The van der Waals surface area contributed by atoms with Gasteiger partial charge in [0.1, 0.15) is 12.1 Å². The largest absolute Gasteiger partial charge is 0.416 e. The average Bonchev–Trinajstić information content (AvgIpc) is 3.44. The van der Waals surface area contributed by atoms with Crippen LogP contribution in [-0.4, -0.2) is 44.4 Å². The molecule has 2 fully saturated rings. The minimum absolute atomic E-state index is 0.543. The highest BCUT2D eigenvalue weighted by Gasteiger charge is 2.43. The molecule has 0 N–H and O–H groups in total. The molecule has 6 rings (SSSR count). The van der Waals surface area contributed by atoms with Crippen molar-refractivity contribution in [2.24, 2.45) is 17.8 Å². The number of anilines is 3. The molecular weight excluding hydrogens is 443 g/mol. The summed E-state index contributed by atoms with van der Waals surface area (Å²) in [5.74, 6) is 4.27. The number of benzene rings is 1. The van der Waals surface area contributed by atoms with Crippen LogP contribution in [0.5, 0.6) is 0 Å². The Labute approximate surface area is 195 Å². The highest BCUT2D eigenvalue weighted by Crippen LogP contribution is 2.44. The molecule has 0 spiro atoms. The molecule has 1 saturated carbocycles. The lowest BCUT2D eigenvalue weighted by Gasteiger charge is -2.38. The fraction of sp³-hybridized carbons (Fsp3) is 0.500. The first kappa shape index (κ1) is 21.4. The third kappa shape index (κ3) is 3.78. The van der Waals surface area contributed by atoms with Crippen molar-refractivity contribution < 1.29 is 13.2 Å². The van der Waals surface area contributed by atoms with Gasteiger partial charge in [-0.1, -0.05) is 0 Å². The van der Waals surface area contributed by atoms with Gasteiger partial charge in [0, 0.05) is 43.5 Å². The molecule has 10 heteroatoms. The van der Waals surface area contributed by atoms with E-state index < -0.39 is 11.7 Å². The van der Waals surface area contributed by atoms with Crippen LogP contribution in [0.1, 0.15) is 29.9 Å². The Morgan fingerprint density at radius 1 is 1.00 bits per heavy atom. The summed E-state index contributed by atoms with van der Waals surface area (Å²) in [5, 5.41) is 4.75. The maximum absolute atomic E-state index is 12.9. The summed E-state index contributed by atoms with van der Waals surface area (Å²) in [7, 11) is 0. The number of alkyl halides is 3. The van der Waals surface area contributed by atoms with E-state index in [4.69, 9.17) is 10.1 Å². The van der Waals surface area contributed by atoms with E-state index in [1.807, 2.05) is 16.5 Å². The molecule has 0 radical (unpaired) electrons. The predicted molar refractivity (Wildman–Crippen MR) is 121 cm³/mol. The Balaban J connectivity index is 1.16. The zero-order chi connectivity index (χ0) is 23.4. The highest BCUT2D eigenvalue weighted by molar-refractivity contribution is 5.59. The predicted octanol–water partition coefficient (Wildman–Crippen LogP) is 4.25. The van der Waals surface area contributed by atoms with E-state index in [2.05, 4.69) is 20.9 Å². The standard InChI is InChI=1S/C24H26F3N7/c1-15-10-22(29-14-28-15)32-12-16-2-3-17(13-32)20(16)11-21-30-23-33(8-9-34(23)31-21)19-6-4-18(5-7-19)24(25,26)27/h4-7,10,14,16-17,20H,2-3,8-9,11-13H2,1H3/t16-,17+,20?. The molecule has 1 saturated heterocycles. The molecule has 1 aliphatic carbocycles. The summed E-state index contributed by atoms with van der Waals surface area (Å²) >= 11 is 0. The number of aryl methyl sites for hydroxylation is 1. The second-order valence-electron chi connectivity index (χ2n) is 9.64. The van der Waals surface area contributed by atoms with Crippen LogP contribution in [0.4, 0.5) is 30.6 Å². The second-order valence-corrected chi connectivity index (χ2v) is 9.64. The summed E-state index contributed by atoms with van der Waals surface area (Å²) < 4.78 is 40.6. The number of nitrogens with zero attached hydrogens (tertiary/aromatic N) is 7. The van der Waals surface area contributed by atoms with Crippen LogP contribution in [0.3, 0.4) is 0 Å². The first-order valence-electron chi connectivity index (χ1n) is 11.8. The topological polar surface area (TPSA) is 63.0 Å². The monoisotopic (exact) mass is 469 g/mol. The average molecular weight is 470 g/mol. The van der Waals surface area contributed by atoms with Gasteiger partial charge < -0.3 is 9.80 Å². The summed E-state index contributed by atoms with van der Waals surface area (Å²) in [5.41, 5.74) is 1.05. The van der Waals surface area contributed by atoms with Crippen LogP contribution in [-0.2, 0) is 19.1 Å². The third-order valence-electron chi connectivity index (χ3n) is 7.54. The van der Waals surface area contributed by atoms with Gasteiger partial charge in [-0.2, -0.15) is 23.3 Å². The molecule has 3 aliphatic rings. The third-order valence-corrected chi connectivity index (χ3v) is 7.54. The lowest BCUT2D eigenvalue weighted by Crippen LogP contribution is -2.43. The lowest BCUT2D eigenvalue weighted by molar-refractivity contribution is -0.137. The van der Waals surface area contributed by atoms with Crippen LogP contribution in [0.25, 0.3) is 0 Å². The number of halogens is 3. The van der Waals surface area contributed by atoms with Crippen molar-refractivity contribution in [1.29, 1.82) is 0 Å². The van der Waals surface area contributed by atoms with Crippen molar-refractivity contribution in [2.75, 3.05) is 29.4 Å². The SMILES string of the molecule is Cc1cc(N2C[C@H]3CC[C@@H](C2)C3Cc2nc3n(n2)CCN3c2ccc(C(F)(F)F)cc2)ncn1. The summed E-state index contributed by atoms with van der Waals surface area (Å²) in [4.78, 5) is 17.9. The van der Waals surface area contributed by atoms with Crippen molar-refractivity contribution in [3.63, 3.8) is 0 Å². The smallest absolute Gasteiger partial charge is 0.356 e. The second kappa shape index (κ2) is 7.95. The number of hydrogen-bond acceptors (Lipinski definition) is 6. The molecule has 1 unspecified atom stereocenters. The quantitative estimate of drug-likeness (QED) is 0.569. The zero-order valence-electron chi connectivity index (χ0n) is 18.9. The van der Waals surface area contributed by atoms with Gasteiger partial charge in [-0.25, -0.2) is 14.6 Å². The summed E-state index contributed by atoms with van der Waals surface area (Å²) in [6, 6.07) is 7.33. The minimum Gasteiger partial charge on any atom is -0.356 e. The van der Waals surface area contributed by atoms with Crippen molar-refractivity contribution in [1.82, 2.24) is 24.7 Å². The minimum atomic E-state index is -4.34. The Bertz CT molecular complexity index is 1180. The van der Waals surface area contributed by atoms with Crippen molar-refractivity contribution in [2.45, 2.75) is 38.9 Å². The summed E-state index contributed by atoms with van der Waals surface area (Å²) in [6.45, 7) is 5.31. The Morgan fingerprint density at radius 3 is 2.41 bits per heavy atom. The van der Waals surface area contributed by atoms with Gasteiger partial charge in [-0.15, -0.1) is 0 Å². The van der Waals surface area contributed by atoms with Gasteiger partial charge in [-0.3, -0.25) is 0 Å². The molecule has 4 heterocycles.